The Hall–Kier alpha value is -1.29. The second kappa shape index (κ2) is 3.84. The molecule has 14 heavy (non-hydrogen) atoms. The molecule has 0 amide bonds. The highest BCUT2D eigenvalue weighted by Gasteiger charge is 2.00. The van der Waals surface area contributed by atoms with E-state index >= 15 is 0 Å². The molecule has 0 spiro atoms. The number of nitrogens with zero attached hydrogens (tertiary/aromatic N) is 3. The maximum absolute atomic E-state index is 4.26. The van der Waals surface area contributed by atoms with E-state index in [1.807, 2.05) is 25.3 Å². The third-order valence-corrected chi connectivity index (χ3v) is 2.20. The van der Waals surface area contributed by atoms with Crippen LogP contribution in [0, 0.1) is 6.92 Å². The summed E-state index contributed by atoms with van der Waals surface area (Å²) in [6.45, 7) is 2.00. The van der Waals surface area contributed by atoms with Crippen LogP contribution in [0.15, 0.2) is 35.3 Å². The van der Waals surface area contributed by atoms with Gasteiger partial charge in [-0.25, -0.2) is 4.98 Å². The molecule has 0 unspecified atom stereocenters. The molecule has 0 saturated carbocycles. The van der Waals surface area contributed by atoms with Crippen LogP contribution in [0.25, 0.3) is 11.4 Å². The molecule has 0 bridgehead atoms. The second-order valence-electron chi connectivity index (χ2n) is 2.95. The van der Waals surface area contributed by atoms with Gasteiger partial charge in [0.05, 0.1) is 18.1 Å². The normalized spacial score (nSPS) is 10.1. The number of pyridine rings is 1. The zero-order valence-electron chi connectivity index (χ0n) is 7.61. The van der Waals surface area contributed by atoms with Gasteiger partial charge in [-0.1, -0.05) is 6.07 Å². The number of rotatable bonds is 1. The summed E-state index contributed by atoms with van der Waals surface area (Å²) in [5, 5.41) is 0. The zero-order chi connectivity index (χ0) is 9.97. The van der Waals surface area contributed by atoms with Gasteiger partial charge in [0.25, 0.3) is 0 Å². The topological polar surface area (TPSA) is 38.7 Å². The summed E-state index contributed by atoms with van der Waals surface area (Å²) in [5.74, 6) is 0. The van der Waals surface area contributed by atoms with Gasteiger partial charge < -0.3 is 0 Å². The predicted octanol–water partition coefficient (Wildman–Crippen LogP) is 2.61. The van der Waals surface area contributed by atoms with Crippen molar-refractivity contribution in [3.8, 4) is 11.4 Å². The molecule has 0 aliphatic rings. The SMILES string of the molecule is Cc1ccc(-c2cnc(Br)cn2)nc1. The van der Waals surface area contributed by atoms with Gasteiger partial charge in [-0.3, -0.25) is 9.97 Å². The van der Waals surface area contributed by atoms with Gasteiger partial charge >= 0.3 is 0 Å². The molecule has 0 fully saturated rings. The highest BCUT2D eigenvalue weighted by Crippen LogP contribution is 2.14. The Labute approximate surface area is 90.4 Å². The van der Waals surface area contributed by atoms with Crippen LogP contribution in [0.5, 0.6) is 0 Å². The maximum atomic E-state index is 4.26. The second-order valence-corrected chi connectivity index (χ2v) is 3.76. The van der Waals surface area contributed by atoms with Crippen molar-refractivity contribution in [1.82, 2.24) is 15.0 Å². The standard InChI is InChI=1S/C10H8BrN3/c1-7-2-3-8(12-4-7)9-5-14-10(11)6-13-9/h2-6H,1H3. The molecule has 0 aromatic carbocycles. The van der Waals surface area contributed by atoms with E-state index in [0.717, 1.165) is 21.6 Å². The molecule has 4 heteroatoms. The van der Waals surface area contributed by atoms with E-state index in [9.17, 15) is 0 Å². The summed E-state index contributed by atoms with van der Waals surface area (Å²) < 4.78 is 0.730. The molecular weight excluding hydrogens is 242 g/mol. The lowest BCUT2D eigenvalue weighted by atomic mass is 10.2. The van der Waals surface area contributed by atoms with Crippen molar-refractivity contribution in [1.29, 1.82) is 0 Å². The zero-order valence-corrected chi connectivity index (χ0v) is 9.19. The van der Waals surface area contributed by atoms with Gasteiger partial charge in [0, 0.05) is 6.20 Å². The van der Waals surface area contributed by atoms with Crippen LogP contribution in [-0.4, -0.2) is 15.0 Å². The highest BCUT2D eigenvalue weighted by atomic mass is 79.9. The van der Waals surface area contributed by atoms with Gasteiger partial charge in [-0.15, -0.1) is 0 Å². The summed E-state index contributed by atoms with van der Waals surface area (Å²) >= 11 is 3.24. The van der Waals surface area contributed by atoms with E-state index in [1.165, 1.54) is 0 Å². The highest BCUT2D eigenvalue weighted by molar-refractivity contribution is 9.10. The lowest BCUT2D eigenvalue weighted by molar-refractivity contribution is 1.14. The van der Waals surface area contributed by atoms with Crippen molar-refractivity contribution in [2.24, 2.45) is 0 Å². The van der Waals surface area contributed by atoms with Crippen molar-refractivity contribution in [3.63, 3.8) is 0 Å². The molecule has 0 aliphatic heterocycles. The molecule has 0 saturated heterocycles. The first kappa shape index (κ1) is 9.27. The summed E-state index contributed by atoms with van der Waals surface area (Å²) in [5.41, 5.74) is 2.77. The molecule has 2 rings (SSSR count). The fourth-order valence-corrected chi connectivity index (χ4v) is 1.27. The van der Waals surface area contributed by atoms with Gasteiger partial charge in [-0.05, 0) is 34.5 Å². The van der Waals surface area contributed by atoms with Crippen molar-refractivity contribution in [2.75, 3.05) is 0 Å². The third-order valence-electron chi connectivity index (χ3n) is 1.79. The minimum Gasteiger partial charge on any atom is -0.254 e. The van der Waals surface area contributed by atoms with Gasteiger partial charge in [-0.2, -0.15) is 0 Å². The third kappa shape index (κ3) is 1.96. The summed E-state index contributed by atoms with van der Waals surface area (Å²) in [4.78, 5) is 12.6. The molecular formula is C10H8BrN3. The summed E-state index contributed by atoms with van der Waals surface area (Å²) in [6, 6.07) is 3.94. The monoisotopic (exact) mass is 249 g/mol. The van der Waals surface area contributed by atoms with Gasteiger partial charge in [0.1, 0.15) is 10.3 Å². The number of aromatic nitrogens is 3. The Kier molecular flexibility index (Phi) is 2.54. The number of halogens is 1. The first-order valence-electron chi connectivity index (χ1n) is 4.16. The average molecular weight is 250 g/mol. The van der Waals surface area contributed by atoms with E-state index < -0.39 is 0 Å². The quantitative estimate of drug-likeness (QED) is 0.780. The van der Waals surface area contributed by atoms with Crippen LogP contribution < -0.4 is 0 Å². The summed E-state index contributed by atoms with van der Waals surface area (Å²) in [6.07, 6.45) is 5.18. The van der Waals surface area contributed by atoms with E-state index in [2.05, 4.69) is 30.9 Å². The molecule has 2 heterocycles. The number of aryl methyl sites for hydroxylation is 1. The predicted molar refractivity (Wildman–Crippen MR) is 57.7 cm³/mol. The Morgan fingerprint density at radius 1 is 0.929 bits per heavy atom. The van der Waals surface area contributed by atoms with Crippen molar-refractivity contribution in [2.45, 2.75) is 6.92 Å². The van der Waals surface area contributed by atoms with Crippen LogP contribution in [0.1, 0.15) is 5.56 Å². The van der Waals surface area contributed by atoms with Crippen LogP contribution in [0.4, 0.5) is 0 Å². The van der Waals surface area contributed by atoms with Crippen LogP contribution >= 0.6 is 15.9 Å². The van der Waals surface area contributed by atoms with Gasteiger partial charge in [0.2, 0.25) is 0 Å². The summed E-state index contributed by atoms with van der Waals surface area (Å²) in [7, 11) is 0. The Morgan fingerprint density at radius 2 is 1.71 bits per heavy atom. The Balaban J connectivity index is 2.40. The van der Waals surface area contributed by atoms with Crippen molar-refractivity contribution >= 4 is 15.9 Å². The van der Waals surface area contributed by atoms with Crippen LogP contribution in [0.3, 0.4) is 0 Å². The lowest BCUT2D eigenvalue weighted by Crippen LogP contribution is -1.88. The Morgan fingerprint density at radius 3 is 2.29 bits per heavy atom. The van der Waals surface area contributed by atoms with Crippen LogP contribution in [-0.2, 0) is 0 Å². The molecule has 70 valence electrons. The number of hydrogen-bond acceptors (Lipinski definition) is 3. The molecule has 2 aromatic rings. The maximum Gasteiger partial charge on any atom is 0.124 e. The Bertz CT molecular complexity index is 379. The first-order chi connectivity index (χ1) is 6.75. The molecule has 3 nitrogen and oxygen atoms in total. The molecule has 0 aliphatic carbocycles. The molecule has 0 N–H and O–H groups in total. The van der Waals surface area contributed by atoms with E-state index in [4.69, 9.17) is 0 Å². The van der Waals surface area contributed by atoms with Crippen molar-refractivity contribution < 1.29 is 0 Å². The largest absolute Gasteiger partial charge is 0.254 e. The van der Waals surface area contributed by atoms with E-state index in [0.29, 0.717) is 0 Å². The van der Waals surface area contributed by atoms with E-state index in [-0.39, 0.29) is 0 Å². The first-order valence-corrected chi connectivity index (χ1v) is 4.95. The minimum atomic E-state index is 0.730. The molecule has 0 atom stereocenters. The van der Waals surface area contributed by atoms with Gasteiger partial charge in [0.15, 0.2) is 0 Å². The molecule has 0 radical (unpaired) electrons. The lowest BCUT2D eigenvalue weighted by Gasteiger charge is -1.99. The van der Waals surface area contributed by atoms with E-state index in [1.54, 1.807) is 12.4 Å². The minimum absolute atomic E-state index is 0.730. The smallest absolute Gasteiger partial charge is 0.124 e. The van der Waals surface area contributed by atoms with Crippen molar-refractivity contribution in [3.05, 3.63) is 40.9 Å². The number of hydrogen-bond donors (Lipinski definition) is 0. The average Bonchev–Trinajstić information content (AvgIpc) is 2.21. The molecule has 2 aromatic heterocycles. The fraction of sp³-hybridized carbons (Fsp3) is 0.100. The fourth-order valence-electron chi connectivity index (χ4n) is 1.06. The van der Waals surface area contributed by atoms with Crippen LogP contribution in [0.2, 0.25) is 0 Å².